The number of hydrogen-bond acceptors (Lipinski definition) is 4. The van der Waals surface area contributed by atoms with Gasteiger partial charge in [0, 0.05) is 11.4 Å². The number of hydrogen-bond donors (Lipinski definition) is 0. The van der Waals surface area contributed by atoms with E-state index in [0.717, 1.165) is 41.4 Å². The molecule has 1 aliphatic rings. The van der Waals surface area contributed by atoms with Crippen molar-refractivity contribution < 1.29 is 0 Å². The Kier molecular flexibility index (Phi) is 4.50. The largest absolute Gasteiger partial charge is 0.303 e. The van der Waals surface area contributed by atoms with Crippen LogP contribution in [0.2, 0.25) is 0 Å². The lowest BCUT2D eigenvalue weighted by atomic mass is 10.1. The smallest absolute Gasteiger partial charge is 0.175 e. The number of nitrogens with zero attached hydrogens (tertiary/aromatic N) is 4. The highest BCUT2D eigenvalue weighted by atomic mass is 32.2. The highest BCUT2D eigenvalue weighted by molar-refractivity contribution is 7.99. The van der Waals surface area contributed by atoms with Crippen molar-refractivity contribution in [3.8, 4) is 0 Å². The lowest BCUT2D eigenvalue weighted by Gasteiger charge is -2.11. The van der Waals surface area contributed by atoms with Crippen molar-refractivity contribution in [2.24, 2.45) is 0 Å². The molecule has 0 bridgehead atoms. The summed E-state index contributed by atoms with van der Waals surface area (Å²) in [5.74, 6) is 0. The Balaban J connectivity index is 1.77. The maximum atomic E-state index is 4.90. The van der Waals surface area contributed by atoms with Gasteiger partial charge in [0.1, 0.15) is 11.8 Å². The Morgan fingerprint density at radius 2 is 1.92 bits per heavy atom. The lowest BCUT2D eigenvalue weighted by Crippen LogP contribution is -2.01. The van der Waals surface area contributed by atoms with Gasteiger partial charge in [0.25, 0.3) is 0 Å². The van der Waals surface area contributed by atoms with Crippen molar-refractivity contribution in [1.82, 2.24) is 19.5 Å². The van der Waals surface area contributed by atoms with Crippen molar-refractivity contribution in [3.05, 3.63) is 40.8 Å². The zero-order chi connectivity index (χ0) is 17.4. The van der Waals surface area contributed by atoms with Gasteiger partial charge in [-0.3, -0.25) is 0 Å². The Hall–Kier alpha value is -1.88. The summed E-state index contributed by atoms with van der Waals surface area (Å²) in [5, 5.41) is 1.04. The van der Waals surface area contributed by atoms with E-state index in [0.29, 0.717) is 0 Å². The predicted octanol–water partition coefficient (Wildman–Crippen LogP) is 4.88. The number of aromatic nitrogens is 4. The summed E-state index contributed by atoms with van der Waals surface area (Å²) in [5.41, 5.74) is 7.24. The standard InChI is InChI=1S/C20H24N4S/c1-4-5-9-24-19-18(14(3)21-12-22-19)23-20(24)25-17-11-16-8-6-7-15(16)10-13(17)2/h10-12H,4-9H2,1-3H3. The third-order valence-electron chi connectivity index (χ3n) is 5.01. The van der Waals surface area contributed by atoms with Crippen LogP contribution in [0.15, 0.2) is 28.5 Å². The first-order chi connectivity index (χ1) is 12.2. The van der Waals surface area contributed by atoms with Crippen LogP contribution in [0.25, 0.3) is 11.2 Å². The number of aryl methyl sites for hydroxylation is 5. The fourth-order valence-corrected chi connectivity index (χ4v) is 4.60. The van der Waals surface area contributed by atoms with Crippen LogP contribution in [0.3, 0.4) is 0 Å². The minimum absolute atomic E-state index is 0.930. The van der Waals surface area contributed by atoms with Crippen molar-refractivity contribution in [3.63, 3.8) is 0 Å². The molecule has 5 heteroatoms. The molecular formula is C20H24N4S. The summed E-state index contributed by atoms with van der Waals surface area (Å²) < 4.78 is 2.27. The monoisotopic (exact) mass is 352 g/mol. The van der Waals surface area contributed by atoms with Gasteiger partial charge in [-0.15, -0.1) is 0 Å². The van der Waals surface area contributed by atoms with Crippen LogP contribution in [0.1, 0.15) is 48.6 Å². The van der Waals surface area contributed by atoms with E-state index < -0.39 is 0 Å². The van der Waals surface area contributed by atoms with Gasteiger partial charge in [0.15, 0.2) is 10.8 Å². The third kappa shape index (κ3) is 3.06. The average Bonchev–Trinajstić information content (AvgIpc) is 3.18. The first kappa shape index (κ1) is 16.6. The number of unbranched alkanes of at least 4 members (excludes halogenated alkanes) is 1. The molecule has 3 aromatic rings. The van der Waals surface area contributed by atoms with Crippen molar-refractivity contribution >= 4 is 22.9 Å². The number of rotatable bonds is 5. The molecule has 4 nitrogen and oxygen atoms in total. The maximum absolute atomic E-state index is 4.90. The van der Waals surface area contributed by atoms with Crippen molar-refractivity contribution in [1.29, 1.82) is 0 Å². The van der Waals surface area contributed by atoms with Gasteiger partial charge in [-0.2, -0.15) is 0 Å². The summed E-state index contributed by atoms with van der Waals surface area (Å²) in [6.07, 6.45) is 7.66. The van der Waals surface area contributed by atoms with Gasteiger partial charge in [0.2, 0.25) is 0 Å². The highest BCUT2D eigenvalue weighted by Crippen LogP contribution is 2.36. The Morgan fingerprint density at radius 1 is 1.12 bits per heavy atom. The van der Waals surface area contributed by atoms with Gasteiger partial charge in [-0.1, -0.05) is 31.2 Å². The molecule has 0 aliphatic heterocycles. The molecule has 0 saturated carbocycles. The predicted molar refractivity (Wildman–Crippen MR) is 102 cm³/mol. The van der Waals surface area contributed by atoms with Crippen molar-refractivity contribution in [2.45, 2.75) is 69.5 Å². The minimum atomic E-state index is 0.930. The van der Waals surface area contributed by atoms with Gasteiger partial charge >= 0.3 is 0 Å². The van der Waals surface area contributed by atoms with E-state index in [1.807, 2.05) is 6.92 Å². The number of fused-ring (bicyclic) bond motifs is 2. The highest BCUT2D eigenvalue weighted by Gasteiger charge is 2.18. The fraction of sp³-hybridized carbons (Fsp3) is 0.450. The van der Waals surface area contributed by atoms with Gasteiger partial charge in [-0.05, 0) is 62.3 Å². The van der Waals surface area contributed by atoms with Crippen LogP contribution in [-0.4, -0.2) is 19.5 Å². The Morgan fingerprint density at radius 3 is 2.72 bits per heavy atom. The summed E-state index contributed by atoms with van der Waals surface area (Å²) in [7, 11) is 0. The molecule has 0 saturated heterocycles. The Labute approximate surface area is 153 Å². The van der Waals surface area contributed by atoms with Crippen LogP contribution in [0, 0.1) is 13.8 Å². The van der Waals surface area contributed by atoms with Crippen LogP contribution in [0.4, 0.5) is 0 Å². The lowest BCUT2D eigenvalue weighted by molar-refractivity contribution is 0.598. The van der Waals surface area contributed by atoms with E-state index in [1.165, 1.54) is 40.8 Å². The molecule has 0 amide bonds. The van der Waals surface area contributed by atoms with E-state index in [4.69, 9.17) is 4.98 Å². The van der Waals surface area contributed by atoms with Crippen LogP contribution in [-0.2, 0) is 19.4 Å². The first-order valence-corrected chi connectivity index (χ1v) is 9.97. The molecule has 0 spiro atoms. The second kappa shape index (κ2) is 6.79. The molecule has 25 heavy (non-hydrogen) atoms. The van der Waals surface area contributed by atoms with Gasteiger partial charge in [-0.25, -0.2) is 15.0 Å². The molecule has 0 radical (unpaired) electrons. The van der Waals surface area contributed by atoms with Gasteiger partial charge in [0.05, 0.1) is 5.69 Å². The molecule has 0 atom stereocenters. The number of imidazole rings is 1. The van der Waals surface area contributed by atoms with Crippen molar-refractivity contribution in [2.75, 3.05) is 0 Å². The zero-order valence-electron chi connectivity index (χ0n) is 15.2. The second-order valence-corrected chi connectivity index (χ2v) is 7.88. The van der Waals surface area contributed by atoms with Crippen LogP contribution < -0.4 is 0 Å². The summed E-state index contributed by atoms with van der Waals surface area (Å²) >= 11 is 1.78. The minimum Gasteiger partial charge on any atom is -0.303 e. The summed E-state index contributed by atoms with van der Waals surface area (Å²) in [6.45, 7) is 7.40. The average molecular weight is 353 g/mol. The summed E-state index contributed by atoms with van der Waals surface area (Å²) in [6, 6.07) is 4.75. The zero-order valence-corrected chi connectivity index (χ0v) is 16.0. The second-order valence-electron chi connectivity index (χ2n) is 6.87. The SMILES string of the molecule is CCCCn1c(Sc2cc3c(cc2C)CCC3)nc2c(C)ncnc21. The molecule has 0 unspecified atom stereocenters. The molecule has 2 heterocycles. The van der Waals surface area contributed by atoms with Gasteiger partial charge < -0.3 is 4.57 Å². The molecule has 130 valence electrons. The van der Waals surface area contributed by atoms with E-state index in [9.17, 15) is 0 Å². The molecule has 1 aliphatic carbocycles. The van der Waals surface area contributed by atoms with E-state index in [1.54, 1.807) is 18.1 Å². The van der Waals surface area contributed by atoms with E-state index >= 15 is 0 Å². The molecule has 4 rings (SSSR count). The molecule has 0 fully saturated rings. The molecule has 1 aromatic carbocycles. The summed E-state index contributed by atoms with van der Waals surface area (Å²) in [4.78, 5) is 15.0. The fourth-order valence-electron chi connectivity index (χ4n) is 3.56. The number of benzene rings is 1. The first-order valence-electron chi connectivity index (χ1n) is 9.15. The van der Waals surface area contributed by atoms with Crippen LogP contribution >= 0.6 is 11.8 Å². The third-order valence-corrected chi connectivity index (χ3v) is 6.16. The molecule has 0 N–H and O–H groups in total. The normalized spacial score (nSPS) is 13.6. The maximum Gasteiger partial charge on any atom is 0.175 e. The Bertz CT molecular complexity index is 929. The van der Waals surface area contributed by atoms with Crippen LogP contribution in [0.5, 0.6) is 0 Å². The quantitative estimate of drug-likeness (QED) is 0.656. The molecular weight excluding hydrogens is 328 g/mol. The topological polar surface area (TPSA) is 43.6 Å². The molecule has 2 aromatic heterocycles. The van der Waals surface area contributed by atoms with E-state index in [-0.39, 0.29) is 0 Å². The van der Waals surface area contributed by atoms with E-state index in [2.05, 4.69) is 40.5 Å².